The molecule has 0 bridgehead atoms. The van der Waals surface area contributed by atoms with Crippen LogP contribution in [0.1, 0.15) is 74.6 Å². The van der Waals surface area contributed by atoms with Gasteiger partial charge in [0.1, 0.15) is 0 Å². The first-order valence-electron chi connectivity index (χ1n) is 20.1. The minimum Gasteiger partial charge on any atom is -0.326 e. The third-order valence-corrected chi connectivity index (χ3v) is 13.2. The summed E-state index contributed by atoms with van der Waals surface area (Å²) in [5.41, 5.74) is 9.61. The van der Waals surface area contributed by atoms with Gasteiger partial charge in [0, 0.05) is 12.4 Å². The van der Waals surface area contributed by atoms with Crippen molar-refractivity contribution in [2.75, 3.05) is 0 Å². The molecule has 1 heterocycles. The van der Waals surface area contributed by atoms with Crippen LogP contribution in [0.15, 0.2) is 189 Å². The lowest BCUT2D eigenvalue weighted by Crippen LogP contribution is -2.51. The second kappa shape index (κ2) is 20.3. The van der Waals surface area contributed by atoms with Crippen molar-refractivity contribution in [3.63, 3.8) is 0 Å². The third-order valence-electron chi connectivity index (χ3n) is 10.6. The molecule has 0 fully saturated rings. The number of unbranched alkanes of at least 4 members (excludes halogenated alkanes) is 4. The molecule has 0 saturated carbocycles. The zero-order valence-corrected chi connectivity index (χ0v) is 33.6. The highest BCUT2D eigenvalue weighted by atomic mass is 28.2. The topological polar surface area (TPSA) is 17.8 Å². The smallest absolute Gasteiger partial charge is 0.241 e. The molecule has 6 aromatic carbocycles. The van der Waals surface area contributed by atoms with Crippen molar-refractivity contribution >= 4 is 37.8 Å². The van der Waals surface area contributed by atoms with Crippen LogP contribution in [0.2, 0.25) is 0 Å². The molecular formula is C50H55BN2Si. The lowest BCUT2D eigenvalue weighted by atomic mass is 9.37. The van der Waals surface area contributed by atoms with Crippen molar-refractivity contribution in [2.45, 2.75) is 70.4 Å². The quantitative estimate of drug-likeness (QED) is 0.0721. The Labute approximate surface area is 327 Å². The number of benzene rings is 6. The Hall–Kier alpha value is -5.19. The Balaban J connectivity index is 0.000000219. The highest BCUT2D eigenvalue weighted by Gasteiger charge is 2.36. The van der Waals surface area contributed by atoms with E-state index >= 15 is 0 Å². The molecule has 0 atom stereocenters. The summed E-state index contributed by atoms with van der Waals surface area (Å²) >= 11 is 0. The Morgan fingerprint density at radius 3 is 1.28 bits per heavy atom. The van der Waals surface area contributed by atoms with Gasteiger partial charge in [-0.25, -0.2) is 4.98 Å². The van der Waals surface area contributed by atoms with Crippen LogP contribution in [-0.2, 0) is 18.0 Å². The molecule has 0 saturated heterocycles. The van der Waals surface area contributed by atoms with E-state index in [4.69, 9.17) is 0 Å². The van der Waals surface area contributed by atoms with Gasteiger partial charge in [-0.15, -0.1) is 0 Å². The van der Waals surface area contributed by atoms with Crippen molar-refractivity contribution < 1.29 is 0 Å². The molecule has 1 aromatic heterocycles. The lowest BCUT2D eigenvalue weighted by molar-refractivity contribution is 0.595. The maximum Gasteiger partial charge on any atom is 0.241 e. The van der Waals surface area contributed by atoms with Crippen LogP contribution in [0.4, 0.5) is 0 Å². The van der Waals surface area contributed by atoms with Crippen LogP contribution < -0.4 is 21.6 Å². The number of hydrogen-bond acceptors (Lipinski definition) is 1. The lowest BCUT2D eigenvalue weighted by Gasteiger charge is -2.37. The molecule has 7 aromatic rings. The van der Waals surface area contributed by atoms with Crippen LogP contribution in [0.25, 0.3) is 0 Å². The maximum absolute atomic E-state index is 4.50. The molecule has 272 valence electrons. The fraction of sp³-hybridized carbons (Fsp3) is 0.220. The molecule has 0 aliphatic carbocycles. The van der Waals surface area contributed by atoms with Gasteiger partial charge in [0.25, 0.3) is 0 Å². The standard InChI is InChI=1S/C32H40N2Si.C18H15B/c1-3-5-8-12-27-16-20-29(21-17-27)32(34-25-24-33-26-34,35-31-14-10-7-11-15-31)30-22-18-28(19-23-30)13-9-6-4-2;1-4-10-16(11-5-1)19(17-12-6-2-7-13-17)18-14-8-3-9-15-18/h7,10-11,14-26H,3-6,8-9,12-13,35H2,1-2H3;1-15H. The number of aromatic nitrogens is 2. The van der Waals surface area contributed by atoms with Gasteiger partial charge in [0.15, 0.2) is 0 Å². The molecular weight excluding hydrogens is 667 g/mol. The van der Waals surface area contributed by atoms with Gasteiger partial charge in [0.2, 0.25) is 6.71 Å². The number of rotatable bonds is 16. The molecule has 0 N–H and O–H groups in total. The molecule has 0 radical (unpaired) electrons. The average Bonchev–Trinajstić information content (AvgIpc) is 3.79. The van der Waals surface area contributed by atoms with Crippen LogP contribution in [-0.4, -0.2) is 25.8 Å². The van der Waals surface area contributed by atoms with E-state index in [1.54, 1.807) is 0 Å². The zero-order chi connectivity index (χ0) is 37.3. The number of hydrogen-bond donors (Lipinski definition) is 0. The Morgan fingerprint density at radius 1 is 0.500 bits per heavy atom. The van der Waals surface area contributed by atoms with E-state index in [0.29, 0.717) is 6.71 Å². The predicted octanol–water partition coefficient (Wildman–Crippen LogP) is 8.80. The SMILES string of the molecule is CCCCCc1ccc(C([SiH2]c2ccccc2)(c2ccc(CCCCC)cc2)n2ccnc2)cc1.c1ccc(B(c2ccccc2)c2ccccc2)cc1. The number of aryl methyl sites for hydroxylation is 2. The van der Waals surface area contributed by atoms with E-state index in [1.807, 2.05) is 12.5 Å². The molecule has 0 unspecified atom stereocenters. The summed E-state index contributed by atoms with van der Waals surface area (Å²) in [6.45, 7) is 4.85. The Kier molecular flexibility index (Phi) is 14.5. The summed E-state index contributed by atoms with van der Waals surface area (Å²) in [5, 5.41) is 1.24. The van der Waals surface area contributed by atoms with Gasteiger partial charge < -0.3 is 4.57 Å². The molecule has 0 amide bonds. The Morgan fingerprint density at radius 2 is 0.907 bits per heavy atom. The second-order valence-corrected chi connectivity index (χ2v) is 16.7. The van der Waals surface area contributed by atoms with Gasteiger partial charge in [-0.2, -0.15) is 0 Å². The van der Waals surface area contributed by atoms with E-state index in [0.717, 1.165) is 12.8 Å². The molecule has 2 nitrogen and oxygen atoms in total. The summed E-state index contributed by atoms with van der Waals surface area (Å²) in [4.78, 5) is 4.50. The van der Waals surface area contributed by atoms with Crippen LogP contribution in [0.5, 0.6) is 0 Å². The third kappa shape index (κ3) is 10.1. The summed E-state index contributed by atoms with van der Waals surface area (Å²) < 4.78 is 2.37. The van der Waals surface area contributed by atoms with E-state index in [1.165, 1.54) is 82.4 Å². The highest BCUT2D eigenvalue weighted by Crippen LogP contribution is 2.34. The molecule has 4 heteroatoms. The first-order valence-corrected chi connectivity index (χ1v) is 21.5. The van der Waals surface area contributed by atoms with E-state index in [2.05, 4.69) is 199 Å². The van der Waals surface area contributed by atoms with Crippen molar-refractivity contribution in [3.8, 4) is 0 Å². The monoisotopic (exact) mass is 722 g/mol. The van der Waals surface area contributed by atoms with Gasteiger partial charge in [-0.3, -0.25) is 0 Å². The molecule has 0 aliphatic heterocycles. The fourth-order valence-corrected chi connectivity index (χ4v) is 10.1. The van der Waals surface area contributed by atoms with Gasteiger partial charge in [-0.05, 0) is 47.9 Å². The first kappa shape index (κ1) is 38.5. The largest absolute Gasteiger partial charge is 0.326 e. The van der Waals surface area contributed by atoms with Crippen molar-refractivity contribution in [1.82, 2.24) is 9.55 Å². The summed E-state index contributed by atoms with van der Waals surface area (Å²) in [7, 11) is -0.811. The van der Waals surface area contributed by atoms with E-state index in [-0.39, 0.29) is 5.16 Å². The van der Waals surface area contributed by atoms with Crippen molar-refractivity contribution in [2.24, 2.45) is 0 Å². The van der Waals surface area contributed by atoms with Gasteiger partial charge in [0.05, 0.1) is 21.0 Å². The van der Waals surface area contributed by atoms with Gasteiger partial charge >= 0.3 is 0 Å². The van der Waals surface area contributed by atoms with E-state index < -0.39 is 9.52 Å². The highest BCUT2D eigenvalue weighted by molar-refractivity contribution is 6.95. The molecule has 7 rings (SSSR count). The van der Waals surface area contributed by atoms with Crippen molar-refractivity contribution in [1.29, 1.82) is 0 Å². The van der Waals surface area contributed by atoms with Crippen molar-refractivity contribution in [3.05, 3.63) is 211 Å². The summed E-state index contributed by atoms with van der Waals surface area (Å²) in [5.74, 6) is 0. The van der Waals surface area contributed by atoms with E-state index in [9.17, 15) is 0 Å². The molecule has 54 heavy (non-hydrogen) atoms. The maximum atomic E-state index is 4.50. The Bertz CT molecular complexity index is 1880. The van der Waals surface area contributed by atoms with Crippen LogP contribution in [0.3, 0.4) is 0 Å². The van der Waals surface area contributed by atoms with Gasteiger partial charge in [-0.1, -0.05) is 231 Å². The normalized spacial score (nSPS) is 11.3. The second-order valence-electron chi connectivity index (χ2n) is 14.5. The average molecular weight is 723 g/mol. The zero-order valence-electron chi connectivity index (χ0n) is 32.2. The molecule has 0 spiro atoms. The fourth-order valence-electron chi connectivity index (χ4n) is 7.70. The predicted molar refractivity (Wildman–Crippen MR) is 236 cm³/mol. The summed E-state index contributed by atoms with van der Waals surface area (Å²) in [6, 6.07) is 62.0. The van der Waals surface area contributed by atoms with Crippen LogP contribution in [0, 0.1) is 0 Å². The molecule has 0 aliphatic rings. The minimum atomic E-state index is -0.811. The first-order chi connectivity index (χ1) is 26.7. The number of nitrogens with zero attached hydrogens (tertiary/aromatic N) is 2. The summed E-state index contributed by atoms with van der Waals surface area (Å²) in [6.07, 6.45) is 16.1. The number of imidazole rings is 1. The minimum absolute atomic E-state index is 0.220. The van der Waals surface area contributed by atoms with Crippen LogP contribution >= 0.6 is 0 Å².